The second-order valence-electron chi connectivity index (χ2n) is 7.28. The first kappa shape index (κ1) is 25.0. The van der Waals surface area contributed by atoms with E-state index in [4.69, 9.17) is 14.2 Å². The first-order chi connectivity index (χ1) is 15.4. The minimum absolute atomic E-state index is 0.0165. The van der Waals surface area contributed by atoms with Gasteiger partial charge in [-0.15, -0.1) is 0 Å². The molecule has 0 bridgehead atoms. The summed E-state index contributed by atoms with van der Waals surface area (Å²) >= 11 is 0. The lowest BCUT2D eigenvalue weighted by atomic mass is 9.92. The Kier molecular flexibility index (Phi) is 9.30. The number of unbranched alkanes of at least 4 members (excludes halogenated alkanes) is 2. The van der Waals surface area contributed by atoms with Crippen LogP contribution in [-0.4, -0.2) is 37.2 Å². The molecule has 2 N–H and O–H groups in total. The number of nitro groups is 1. The molecule has 10 nitrogen and oxygen atoms in total. The van der Waals surface area contributed by atoms with E-state index in [0.717, 1.165) is 25.7 Å². The molecular weight excluding hydrogens is 418 g/mol. The largest absolute Gasteiger partial charge is 0.493 e. The Labute approximate surface area is 187 Å². The molecule has 10 heteroatoms. The van der Waals surface area contributed by atoms with Gasteiger partial charge in [-0.1, -0.05) is 26.7 Å². The van der Waals surface area contributed by atoms with Crippen molar-refractivity contribution >= 4 is 17.7 Å². The van der Waals surface area contributed by atoms with Crippen LogP contribution in [0, 0.1) is 10.1 Å². The highest BCUT2D eigenvalue weighted by molar-refractivity contribution is 5.95. The van der Waals surface area contributed by atoms with Crippen molar-refractivity contribution in [3.63, 3.8) is 0 Å². The first-order valence-corrected chi connectivity index (χ1v) is 10.8. The molecule has 0 aliphatic carbocycles. The number of allylic oxidation sites excluding steroid dienone is 1. The number of carbonyl (C=O) groups is 2. The molecule has 0 spiro atoms. The fourth-order valence-electron chi connectivity index (χ4n) is 3.39. The molecule has 32 heavy (non-hydrogen) atoms. The molecule has 1 aromatic carbocycles. The standard InChI is InChI=1S/C22H31N3O7/c1-5-8-10-15-18(21(26)31-7-3)19(24-22(27)23-15)14-12-16(25(28)29)20(17(13-14)30-4)32-11-9-6-2/h12-13,19H,5-11H2,1-4H3,(H2,23,24,27). The molecule has 0 radical (unpaired) electrons. The molecule has 1 atom stereocenters. The highest BCUT2D eigenvalue weighted by Gasteiger charge is 2.35. The predicted octanol–water partition coefficient (Wildman–Crippen LogP) is 4.14. The van der Waals surface area contributed by atoms with Gasteiger partial charge in [0.25, 0.3) is 0 Å². The number of hydrogen-bond acceptors (Lipinski definition) is 7. The molecule has 0 saturated carbocycles. The summed E-state index contributed by atoms with van der Waals surface area (Å²) < 4.78 is 16.2. The summed E-state index contributed by atoms with van der Waals surface area (Å²) in [5, 5.41) is 17.2. The molecule has 176 valence electrons. The molecule has 0 saturated heterocycles. The number of benzene rings is 1. The van der Waals surface area contributed by atoms with E-state index in [1.807, 2.05) is 13.8 Å². The van der Waals surface area contributed by atoms with Gasteiger partial charge < -0.3 is 24.8 Å². The Morgan fingerprint density at radius 2 is 1.91 bits per heavy atom. The summed E-state index contributed by atoms with van der Waals surface area (Å²) in [5.41, 5.74) is 0.685. The Bertz CT molecular complexity index is 883. The molecule has 2 rings (SSSR count). The average Bonchev–Trinajstić information content (AvgIpc) is 2.77. The zero-order chi connectivity index (χ0) is 23.7. The van der Waals surface area contributed by atoms with Crippen LogP contribution in [0.4, 0.5) is 10.5 Å². The van der Waals surface area contributed by atoms with Crippen molar-refractivity contribution in [2.75, 3.05) is 20.3 Å². The number of ether oxygens (including phenoxy) is 3. The van der Waals surface area contributed by atoms with E-state index in [2.05, 4.69) is 10.6 Å². The number of rotatable bonds is 12. The molecule has 1 unspecified atom stereocenters. The lowest BCUT2D eigenvalue weighted by Gasteiger charge is -2.29. The van der Waals surface area contributed by atoms with Crippen molar-refractivity contribution < 1.29 is 28.7 Å². The van der Waals surface area contributed by atoms with Crippen LogP contribution >= 0.6 is 0 Å². The van der Waals surface area contributed by atoms with Crippen LogP contribution in [-0.2, 0) is 9.53 Å². The quantitative estimate of drug-likeness (QED) is 0.212. The van der Waals surface area contributed by atoms with Crippen LogP contribution < -0.4 is 20.1 Å². The minimum Gasteiger partial charge on any atom is -0.493 e. The molecule has 0 aromatic heterocycles. The lowest BCUT2D eigenvalue weighted by molar-refractivity contribution is -0.386. The molecule has 1 aliphatic heterocycles. The maximum atomic E-state index is 12.8. The van der Waals surface area contributed by atoms with Crippen LogP contribution in [0.5, 0.6) is 11.5 Å². The number of amides is 2. The average molecular weight is 450 g/mol. The van der Waals surface area contributed by atoms with Crippen LogP contribution in [0.1, 0.15) is 64.5 Å². The van der Waals surface area contributed by atoms with Crippen LogP contribution in [0.15, 0.2) is 23.4 Å². The third-order valence-electron chi connectivity index (χ3n) is 4.98. The maximum Gasteiger partial charge on any atom is 0.338 e. The maximum absolute atomic E-state index is 12.8. The molecular formula is C22H31N3O7. The molecule has 1 aromatic rings. The second-order valence-corrected chi connectivity index (χ2v) is 7.28. The van der Waals surface area contributed by atoms with E-state index >= 15 is 0 Å². The summed E-state index contributed by atoms with van der Waals surface area (Å²) in [6.07, 6.45) is 3.66. The Balaban J connectivity index is 2.62. The molecule has 2 amide bonds. The van der Waals surface area contributed by atoms with E-state index in [9.17, 15) is 19.7 Å². The van der Waals surface area contributed by atoms with Gasteiger partial charge in [0.15, 0.2) is 5.75 Å². The van der Waals surface area contributed by atoms with E-state index in [1.165, 1.54) is 13.2 Å². The third-order valence-corrected chi connectivity index (χ3v) is 4.98. The van der Waals surface area contributed by atoms with E-state index in [1.54, 1.807) is 13.0 Å². The SMILES string of the molecule is CCCCOc1c(OC)cc(C2NC(=O)NC(CCCC)=C2C(=O)OCC)cc1[N+](=O)[O-]. The van der Waals surface area contributed by atoms with Gasteiger partial charge in [0.05, 0.1) is 36.9 Å². The zero-order valence-electron chi connectivity index (χ0n) is 19.0. The van der Waals surface area contributed by atoms with Gasteiger partial charge >= 0.3 is 17.7 Å². The fraction of sp³-hybridized carbons (Fsp3) is 0.545. The van der Waals surface area contributed by atoms with Crippen molar-refractivity contribution in [2.24, 2.45) is 0 Å². The van der Waals surface area contributed by atoms with Crippen molar-refractivity contribution in [1.29, 1.82) is 0 Å². The number of nitrogens with zero attached hydrogens (tertiary/aromatic N) is 1. The third kappa shape index (κ3) is 5.89. The summed E-state index contributed by atoms with van der Waals surface area (Å²) in [4.78, 5) is 36.4. The normalized spacial score (nSPS) is 15.6. The highest BCUT2D eigenvalue weighted by atomic mass is 16.6. The van der Waals surface area contributed by atoms with E-state index in [0.29, 0.717) is 24.3 Å². The molecule has 0 fully saturated rings. The monoisotopic (exact) mass is 449 g/mol. The Hall–Kier alpha value is -3.30. The number of hydrogen-bond donors (Lipinski definition) is 2. The van der Waals surface area contributed by atoms with E-state index < -0.39 is 23.0 Å². The Morgan fingerprint density at radius 1 is 1.19 bits per heavy atom. The van der Waals surface area contributed by atoms with Gasteiger partial charge in [-0.25, -0.2) is 9.59 Å². The van der Waals surface area contributed by atoms with Gasteiger partial charge in [-0.2, -0.15) is 0 Å². The number of esters is 1. The molecule has 1 aliphatic rings. The highest BCUT2D eigenvalue weighted by Crippen LogP contribution is 2.42. The van der Waals surface area contributed by atoms with Gasteiger partial charge in [0.2, 0.25) is 5.75 Å². The van der Waals surface area contributed by atoms with Crippen LogP contribution in [0.3, 0.4) is 0 Å². The zero-order valence-corrected chi connectivity index (χ0v) is 19.0. The van der Waals surface area contributed by atoms with Crippen molar-refractivity contribution in [3.8, 4) is 11.5 Å². The predicted molar refractivity (Wildman–Crippen MR) is 118 cm³/mol. The summed E-state index contributed by atoms with van der Waals surface area (Å²) in [6.45, 7) is 6.11. The van der Waals surface area contributed by atoms with Gasteiger partial charge in [-0.05, 0) is 37.8 Å². The van der Waals surface area contributed by atoms with Crippen LogP contribution in [0.2, 0.25) is 0 Å². The van der Waals surface area contributed by atoms with Crippen molar-refractivity contribution in [2.45, 2.75) is 58.9 Å². The number of nitro benzene ring substituents is 1. The van der Waals surface area contributed by atoms with Gasteiger partial charge in [-0.3, -0.25) is 10.1 Å². The number of carbonyl (C=O) groups excluding carboxylic acids is 2. The fourth-order valence-corrected chi connectivity index (χ4v) is 3.39. The summed E-state index contributed by atoms with van der Waals surface area (Å²) in [6, 6.07) is 1.41. The number of urea groups is 1. The van der Waals surface area contributed by atoms with E-state index in [-0.39, 0.29) is 29.4 Å². The topological polar surface area (TPSA) is 129 Å². The van der Waals surface area contributed by atoms with Crippen molar-refractivity contribution in [3.05, 3.63) is 39.1 Å². The summed E-state index contributed by atoms with van der Waals surface area (Å²) in [7, 11) is 1.38. The molecule has 1 heterocycles. The smallest absolute Gasteiger partial charge is 0.338 e. The number of nitrogens with one attached hydrogen (secondary N) is 2. The lowest BCUT2D eigenvalue weighted by Crippen LogP contribution is -2.46. The second kappa shape index (κ2) is 11.9. The van der Waals surface area contributed by atoms with Gasteiger partial charge in [0.1, 0.15) is 0 Å². The van der Waals surface area contributed by atoms with Gasteiger partial charge in [0, 0.05) is 11.8 Å². The van der Waals surface area contributed by atoms with Crippen molar-refractivity contribution in [1.82, 2.24) is 10.6 Å². The Morgan fingerprint density at radius 3 is 2.50 bits per heavy atom. The minimum atomic E-state index is -0.938. The number of methoxy groups -OCH3 is 1. The van der Waals surface area contributed by atoms with Crippen LogP contribution in [0.25, 0.3) is 0 Å². The first-order valence-electron chi connectivity index (χ1n) is 10.8. The summed E-state index contributed by atoms with van der Waals surface area (Å²) in [5.74, 6) is -0.430.